The molecule has 0 unspecified atom stereocenters. The van der Waals surface area contributed by atoms with E-state index >= 15 is 0 Å². The lowest BCUT2D eigenvalue weighted by atomic mass is 10.2. The van der Waals surface area contributed by atoms with Gasteiger partial charge in [0.05, 0.1) is 12.6 Å². The molecular formula is C14H17N7O2. The number of anilines is 1. The molecule has 1 aliphatic rings. The molecule has 3 rings (SSSR count). The highest BCUT2D eigenvalue weighted by molar-refractivity contribution is 5.54. The molecule has 9 heteroatoms. The second-order valence-corrected chi connectivity index (χ2v) is 5.62. The first-order valence-corrected chi connectivity index (χ1v) is 7.33. The third-order valence-corrected chi connectivity index (χ3v) is 4.26. The number of nitrogens with zero attached hydrogens (tertiary/aromatic N) is 7. The van der Waals surface area contributed by atoms with Gasteiger partial charge in [0, 0.05) is 20.6 Å². The third-order valence-electron chi connectivity index (χ3n) is 4.26. The Balaban J connectivity index is 2.09. The van der Waals surface area contributed by atoms with Gasteiger partial charge in [0.1, 0.15) is 24.5 Å². The van der Waals surface area contributed by atoms with Crippen LogP contribution in [0.1, 0.15) is 18.4 Å². The lowest BCUT2D eigenvalue weighted by Crippen LogP contribution is -2.44. The summed E-state index contributed by atoms with van der Waals surface area (Å²) in [5.41, 5.74) is -0.993. The van der Waals surface area contributed by atoms with Gasteiger partial charge in [-0.05, 0) is 12.8 Å². The minimum Gasteiger partial charge on any atom is -0.352 e. The van der Waals surface area contributed by atoms with E-state index in [-0.39, 0.29) is 11.6 Å². The molecule has 23 heavy (non-hydrogen) atoms. The minimum atomic E-state index is -0.558. The standard InChI is InChI=1S/C14H17N7O2/c1-18-12(11(6-15)13(22)19(2)14(18)23)21-5-3-4-10(21)7-20-9-16-8-17-20/h8-10H,3-5,7H2,1-2H3/t10-/m1/s1. The zero-order valence-electron chi connectivity index (χ0n) is 13.0. The summed E-state index contributed by atoms with van der Waals surface area (Å²) >= 11 is 0. The molecule has 0 amide bonds. The Labute approximate surface area is 132 Å². The van der Waals surface area contributed by atoms with Gasteiger partial charge in [-0.15, -0.1) is 0 Å². The molecule has 3 heterocycles. The van der Waals surface area contributed by atoms with Gasteiger partial charge >= 0.3 is 5.69 Å². The molecule has 1 fully saturated rings. The average Bonchev–Trinajstić information content (AvgIpc) is 3.21. The second kappa shape index (κ2) is 5.72. The Morgan fingerprint density at radius 2 is 2.13 bits per heavy atom. The molecule has 0 aliphatic carbocycles. The summed E-state index contributed by atoms with van der Waals surface area (Å²) in [6, 6.07) is 2.02. The van der Waals surface area contributed by atoms with E-state index in [0.717, 1.165) is 17.4 Å². The van der Waals surface area contributed by atoms with Crippen molar-refractivity contribution in [1.82, 2.24) is 23.9 Å². The number of hydrogen-bond acceptors (Lipinski definition) is 6. The monoisotopic (exact) mass is 315 g/mol. The summed E-state index contributed by atoms with van der Waals surface area (Å²) in [4.78, 5) is 30.4. The molecule has 0 aromatic carbocycles. The van der Waals surface area contributed by atoms with E-state index in [2.05, 4.69) is 10.1 Å². The lowest BCUT2D eigenvalue weighted by Gasteiger charge is -2.28. The Kier molecular flexibility index (Phi) is 3.73. The van der Waals surface area contributed by atoms with E-state index in [4.69, 9.17) is 0 Å². The van der Waals surface area contributed by atoms with Gasteiger partial charge in [0.2, 0.25) is 0 Å². The first-order valence-electron chi connectivity index (χ1n) is 7.33. The van der Waals surface area contributed by atoms with E-state index in [9.17, 15) is 14.9 Å². The van der Waals surface area contributed by atoms with Crippen LogP contribution in [0.2, 0.25) is 0 Å². The second-order valence-electron chi connectivity index (χ2n) is 5.62. The Bertz CT molecular complexity index is 872. The quantitative estimate of drug-likeness (QED) is 0.736. The molecule has 0 saturated carbocycles. The van der Waals surface area contributed by atoms with Crippen molar-refractivity contribution in [1.29, 1.82) is 5.26 Å². The van der Waals surface area contributed by atoms with Gasteiger partial charge < -0.3 is 4.90 Å². The minimum absolute atomic E-state index is 0.0000836. The molecule has 0 spiro atoms. The summed E-state index contributed by atoms with van der Waals surface area (Å²) in [6.45, 7) is 1.28. The molecule has 9 nitrogen and oxygen atoms in total. The Morgan fingerprint density at radius 1 is 1.35 bits per heavy atom. The van der Waals surface area contributed by atoms with Gasteiger partial charge in [-0.25, -0.2) is 9.78 Å². The summed E-state index contributed by atoms with van der Waals surface area (Å²) in [6.07, 6.45) is 4.92. The average molecular weight is 315 g/mol. The first kappa shape index (κ1) is 15.0. The van der Waals surface area contributed by atoms with Crippen LogP contribution in [0.4, 0.5) is 5.82 Å². The van der Waals surface area contributed by atoms with Crippen LogP contribution in [-0.2, 0) is 20.6 Å². The smallest absolute Gasteiger partial charge is 0.332 e. The third kappa shape index (κ3) is 2.42. The van der Waals surface area contributed by atoms with Crippen LogP contribution in [0, 0.1) is 11.3 Å². The van der Waals surface area contributed by atoms with Crippen molar-refractivity contribution >= 4 is 5.82 Å². The van der Waals surface area contributed by atoms with E-state index in [1.165, 1.54) is 17.9 Å². The van der Waals surface area contributed by atoms with Crippen LogP contribution in [-0.4, -0.2) is 36.5 Å². The molecule has 1 aliphatic heterocycles. The highest BCUT2D eigenvalue weighted by atomic mass is 16.2. The lowest BCUT2D eigenvalue weighted by molar-refractivity contribution is 0.500. The van der Waals surface area contributed by atoms with Crippen molar-refractivity contribution in [2.45, 2.75) is 25.4 Å². The van der Waals surface area contributed by atoms with E-state index in [1.54, 1.807) is 18.1 Å². The van der Waals surface area contributed by atoms with Crippen LogP contribution in [0.5, 0.6) is 0 Å². The molecule has 1 saturated heterocycles. The molecular weight excluding hydrogens is 298 g/mol. The fourth-order valence-corrected chi connectivity index (χ4v) is 3.11. The van der Waals surface area contributed by atoms with E-state index < -0.39 is 11.2 Å². The molecule has 2 aromatic rings. The zero-order valence-corrected chi connectivity index (χ0v) is 13.0. The molecule has 0 radical (unpaired) electrons. The maximum atomic E-state index is 12.2. The number of aromatic nitrogens is 5. The van der Waals surface area contributed by atoms with Crippen LogP contribution in [0.3, 0.4) is 0 Å². The van der Waals surface area contributed by atoms with Crippen molar-refractivity contribution in [3.05, 3.63) is 39.1 Å². The van der Waals surface area contributed by atoms with Crippen molar-refractivity contribution in [2.75, 3.05) is 11.4 Å². The van der Waals surface area contributed by atoms with Crippen LogP contribution >= 0.6 is 0 Å². The summed E-state index contributed by atoms with van der Waals surface area (Å²) < 4.78 is 4.05. The van der Waals surface area contributed by atoms with Crippen LogP contribution in [0.15, 0.2) is 22.2 Å². The fraction of sp³-hybridized carbons (Fsp3) is 0.500. The number of nitriles is 1. The predicted octanol–water partition coefficient (Wildman–Crippen LogP) is -0.784. The number of hydrogen-bond donors (Lipinski definition) is 0. The highest BCUT2D eigenvalue weighted by Crippen LogP contribution is 2.26. The van der Waals surface area contributed by atoms with Crippen molar-refractivity contribution < 1.29 is 0 Å². The van der Waals surface area contributed by atoms with Crippen LogP contribution < -0.4 is 16.1 Å². The fourth-order valence-electron chi connectivity index (χ4n) is 3.11. The van der Waals surface area contributed by atoms with Crippen molar-refractivity contribution in [3.8, 4) is 6.07 Å². The number of rotatable bonds is 3. The SMILES string of the molecule is Cn1c(N2CCC[C@@H]2Cn2cncn2)c(C#N)c(=O)n(C)c1=O. The molecule has 120 valence electrons. The van der Waals surface area contributed by atoms with Gasteiger partial charge in [0.25, 0.3) is 5.56 Å². The van der Waals surface area contributed by atoms with E-state index in [1.807, 2.05) is 11.0 Å². The largest absolute Gasteiger partial charge is 0.352 e. The first-order chi connectivity index (χ1) is 11.0. The molecule has 2 aromatic heterocycles. The van der Waals surface area contributed by atoms with Gasteiger partial charge in [0.15, 0.2) is 5.56 Å². The van der Waals surface area contributed by atoms with Gasteiger partial charge in [-0.3, -0.25) is 18.6 Å². The summed E-state index contributed by atoms with van der Waals surface area (Å²) in [5.74, 6) is 0.392. The highest BCUT2D eigenvalue weighted by Gasteiger charge is 2.30. The molecule has 1 atom stereocenters. The summed E-state index contributed by atoms with van der Waals surface area (Å²) in [5, 5.41) is 13.5. The van der Waals surface area contributed by atoms with Crippen molar-refractivity contribution in [3.63, 3.8) is 0 Å². The Morgan fingerprint density at radius 3 is 2.78 bits per heavy atom. The molecule has 0 bridgehead atoms. The van der Waals surface area contributed by atoms with Crippen molar-refractivity contribution in [2.24, 2.45) is 14.1 Å². The normalized spacial score (nSPS) is 17.4. The maximum absolute atomic E-state index is 12.2. The molecule has 0 N–H and O–H groups in total. The topological polar surface area (TPSA) is 102 Å². The van der Waals surface area contributed by atoms with E-state index in [0.29, 0.717) is 18.9 Å². The predicted molar refractivity (Wildman–Crippen MR) is 82.0 cm³/mol. The maximum Gasteiger partial charge on any atom is 0.332 e. The van der Waals surface area contributed by atoms with Gasteiger partial charge in [-0.2, -0.15) is 10.4 Å². The summed E-state index contributed by atoms with van der Waals surface area (Å²) in [7, 11) is 2.97. The van der Waals surface area contributed by atoms with Gasteiger partial charge in [-0.1, -0.05) is 0 Å². The Hall–Kier alpha value is -2.89. The van der Waals surface area contributed by atoms with Crippen LogP contribution in [0.25, 0.3) is 0 Å². The zero-order chi connectivity index (χ0) is 16.6.